The summed E-state index contributed by atoms with van der Waals surface area (Å²) < 4.78 is 10.9. The highest BCUT2D eigenvalue weighted by Gasteiger charge is 2.43. The molecule has 3 rings (SSSR count). The van der Waals surface area contributed by atoms with Crippen LogP contribution in [0.4, 0.5) is 0 Å². The molecule has 2 atom stereocenters. The molecule has 0 spiro atoms. The number of aromatic nitrogens is 1. The van der Waals surface area contributed by atoms with Crippen molar-refractivity contribution in [3.05, 3.63) is 24.5 Å². The van der Waals surface area contributed by atoms with E-state index in [0.29, 0.717) is 6.61 Å². The molecule has 1 aromatic rings. The Balaban J connectivity index is 1.53. The molecule has 0 saturated carbocycles. The summed E-state index contributed by atoms with van der Waals surface area (Å²) in [5.41, 5.74) is 0. The molecule has 6 heteroatoms. The fraction of sp³-hybridized carbons (Fsp3) is 0.611. The van der Waals surface area contributed by atoms with Crippen molar-refractivity contribution >= 4 is 11.9 Å². The van der Waals surface area contributed by atoms with Crippen LogP contribution in [0.5, 0.6) is 5.75 Å². The van der Waals surface area contributed by atoms with E-state index in [0.717, 1.165) is 31.4 Å². The molecular formula is C18H24N2O4. The van der Waals surface area contributed by atoms with Gasteiger partial charge in [0.25, 0.3) is 0 Å². The van der Waals surface area contributed by atoms with Crippen LogP contribution in [-0.2, 0) is 14.3 Å². The van der Waals surface area contributed by atoms with Crippen LogP contribution in [0, 0.1) is 0 Å². The molecule has 0 aromatic carbocycles. The minimum Gasteiger partial charge on any atom is -0.489 e. The molecule has 2 fully saturated rings. The largest absolute Gasteiger partial charge is 0.489 e. The van der Waals surface area contributed by atoms with E-state index in [4.69, 9.17) is 9.47 Å². The third kappa shape index (κ3) is 3.86. The predicted molar refractivity (Wildman–Crippen MR) is 87.4 cm³/mol. The number of esters is 1. The van der Waals surface area contributed by atoms with Gasteiger partial charge in [0.15, 0.2) is 0 Å². The Morgan fingerprint density at radius 3 is 2.62 bits per heavy atom. The second kappa shape index (κ2) is 7.64. The van der Waals surface area contributed by atoms with Crippen LogP contribution >= 0.6 is 0 Å². The maximum Gasteiger partial charge on any atom is 0.306 e. The second-order valence-corrected chi connectivity index (χ2v) is 6.39. The van der Waals surface area contributed by atoms with Crippen molar-refractivity contribution in [3.63, 3.8) is 0 Å². The highest BCUT2D eigenvalue weighted by atomic mass is 16.5. The lowest BCUT2D eigenvalue weighted by molar-refractivity contribution is -0.147. The van der Waals surface area contributed by atoms with Crippen LogP contribution in [0.3, 0.4) is 0 Å². The van der Waals surface area contributed by atoms with E-state index < -0.39 is 0 Å². The highest BCUT2D eigenvalue weighted by molar-refractivity contribution is 5.82. The minimum atomic E-state index is -0.298. The quantitative estimate of drug-likeness (QED) is 0.748. The number of nitrogens with zero attached hydrogens (tertiary/aromatic N) is 2. The van der Waals surface area contributed by atoms with Crippen LogP contribution in [-0.4, -0.2) is 46.6 Å². The number of hydrogen-bond acceptors (Lipinski definition) is 5. The maximum atomic E-state index is 12.5. The fourth-order valence-corrected chi connectivity index (χ4v) is 3.81. The third-order valence-corrected chi connectivity index (χ3v) is 4.76. The molecule has 2 aliphatic heterocycles. The van der Waals surface area contributed by atoms with Crippen LogP contribution in [0.2, 0.25) is 0 Å². The maximum absolute atomic E-state index is 12.5. The number of carbonyl (C=O) groups is 2. The van der Waals surface area contributed by atoms with Gasteiger partial charge >= 0.3 is 5.97 Å². The molecule has 130 valence electrons. The normalized spacial score (nSPS) is 25.4. The summed E-state index contributed by atoms with van der Waals surface area (Å²) in [5, 5.41) is 0. The average Bonchev–Trinajstić information content (AvgIpc) is 2.85. The lowest BCUT2D eigenvalue weighted by Crippen LogP contribution is -2.49. The first-order valence-electron chi connectivity index (χ1n) is 8.70. The van der Waals surface area contributed by atoms with Gasteiger partial charge in [-0.25, -0.2) is 0 Å². The number of rotatable bonds is 6. The van der Waals surface area contributed by atoms with E-state index in [9.17, 15) is 9.59 Å². The molecule has 2 saturated heterocycles. The summed E-state index contributed by atoms with van der Waals surface area (Å²) in [5.74, 6) is 0.548. The Morgan fingerprint density at radius 2 is 2.00 bits per heavy atom. The zero-order valence-corrected chi connectivity index (χ0v) is 14.0. The first-order valence-corrected chi connectivity index (χ1v) is 8.70. The Morgan fingerprint density at radius 1 is 1.25 bits per heavy atom. The standard InChI is InChI=1S/C18H24N2O4/c1-2-23-18(22)8-7-17(21)20-13-5-6-14(20)11-16(10-13)24-15-4-3-9-19-12-15/h3-4,9,12-14,16H,2,5-8,10-11H2,1H3. The van der Waals surface area contributed by atoms with Crippen LogP contribution in [0.25, 0.3) is 0 Å². The number of amides is 1. The van der Waals surface area contributed by atoms with Gasteiger partial charge in [-0.2, -0.15) is 0 Å². The number of ether oxygens (including phenoxy) is 2. The molecular weight excluding hydrogens is 308 g/mol. The zero-order chi connectivity index (χ0) is 16.9. The van der Waals surface area contributed by atoms with Crippen LogP contribution < -0.4 is 4.74 Å². The average molecular weight is 332 g/mol. The SMILES string of the molecule is CCOC(=O)CCC(=O)N1C2CCC1CC(Oc1cccnc1)C2. The van der Waals surface area contributed by atoms with Gasteiger partial charge in [-0.15, -0.1) is 0 Å². The number of pyridine rings is 1. The van der Waals surface area contributed by atoms with E-state index in [1.807, 2.05) is 17.0 Å². The Kier molecular flexibility index (Phi) is 5.33. The zero-order valence-electron chi connectivity index (χ0n) is 14.0. The van der Waals surface area contributed by atoms with Crippen LogP contribution in [0.1, 0.15) is 45.4 Å². The molecule has 3 heterocycles. The number of piperidine rings is 1. The molecule has 24 heavy (non-hydrogen) atoms. The van der Waals surface area contributed by atoms with E-state index in [2.05, 4.69) is 4.98 Å². The van der Waals surface area contributed by atoms with Crippen molar-refractivity contribution < 1.29 is 19.1 Å². The first kappa shape index (κ1) is 16.7. The topological polar surface area (TPSA) is 68.7 Å². The fourth-order valence-electron chi connectivity index (χ4n) is 3.81. The van der Waals surface area contributed by atoms with Gasteiger partial charge in [-0.3, -0.25) is 14.6 Å². The molecule has 1 amide bonds. The molecule has 0 aliphatic carbocycles. The van der Waals surface area contributed by atoms with Crippen molar-refractivity contribution in [2.75, 3.05) is 6.61 Å². The van der Waals surface area contributed by atoms with Crippen molar-refractivity contribution in [3.8, 4) is 5.75 Å². The summed E-state index contributed by atoms with van der Waals surface area (Å²) in [6.07, 6.45) is 7.69. The smallest absolute Gasteiger partial charge is 0.306 e. The number of fused-ring (bicyclic) bond motifs is 2. The molecule has 6 nitrogen and oxygen atoms in total. The summed E-state index contributed by atoms with van der Waals surface area (Å²) in [4.78, 5) is 30.0. The Bertz CT molecular complexity index is 564. The van der Waals surface area contributed by atoms with Gasteiger partial charge < -0.3 is 14.4 Å². The second-order valence-electron chi connectivity index (χ2n) is 6.39. The first-order chi connectivity index (χ1) is 11.7. The van der Waals surface area contributed by atoms with E-state index in [1.54, 1.807) is 19.3 Å². The summed E-state index contributed by atoms with van der Waals surface area (Å²) in [6.45, 7) is 2.13. The van der Waals surface area contributed by atoms with Gasteiger partial charge in [0, 0.05) is 37.5 Å². The number of hydrogen-bond donors (Lipinski definition) is 0. The third-order valence-electron chi connectivity index (χ3n) is 4.76. The van der Waals surface area contributed by atoms with E-state index >= 15 is 0 Å². The van der Waals surface area contributed by atoms with Gasteiger partial charge in [-0.1, -0.05) is 0 Å². The Hall–Kier alpha value is -2.11. The van der Waals surface area contributed by atoms with Gasteiger partial charge in [0.05, 0.1) is 19.2 Å². The molecule has 0 radical (unpaired) electrons. The monoisotopic (exact) mass is 332 g/mol. The highest BCUT2D eigenvalue weighted by Crippen LogP contribution is 2.37. The van der Waals surface area contributed by atoms with Crippen molar-refractivity contribution in [1.29, 1.82) is 0 Å². The molecule has 2 aliphatic rings. The molecule has 2 bridgehead atoms. The van der Waals surface area contributed by atoms with Crippen molar-refractivity contribution in [2.45, 2.75) is 63.6 Å². The van der Waals surface area contributed by atoms with E-state index in [-0.39, 0.29) is 42.9 Å². The van der Waals surface area contributed by atoms with Gasteiger partial charge in [-0.05, 0) is 31.9 Å². The van der Waals surface area contributed by atoms with Crippen LogP contribution in [0.15, 0.2) is 24.5 Å². The lowest BCUT2D eigenvalue weighted by Gasteiger charge is -2.39. The molecule has 0 N–H and O–H groups in total. The molecule has 2 unspecified atom stereocenters. The minimum absolute atomic E-state index is 0.0652. The summed E-state index contributed by atoms with van der Waals surface area (Å²) in [6, 6.07) is 4.21. The summed E-state index contributed by atoms with van der Waals surface area (Å²) in [7, 11) is 0. The van der Waals surface area contributed by atoms with E-state index in [1.165, 1.54) is 0 Å². The van der Waals surface area contributed by atoms with Crippen molar-refractivity contribution in [1.82, 2.24) is 9.88 Å². The summed E-state index contributed by atoms with van der Waals surface area (Å²) >= 11 is 0. The van der Waals surface area contributed by atoms with Gasteiger partial charge in [0.1, 0.15) is 11.9 Å². The number of carbonyl (C=O) groups excluding carboxylic acids is 2. The lowest BCUT2D eigenvalue weighted by atomic mass is 9.99. The molecule has 1 aromatic heterocycles. The van der Waals surface area contributed by atoms with Crippen molar-refractivity contribution in [2.24, 2.45) is 0 Å². The van der Waals surface area contributed by atoms with Gasteiger partial charge in [0.2, 0.25) is 5.91 Å². The predicted octanol–water partition coefficient (Wildman–Crippen LogP) is 2.33. The Labute approximate surface area is 142 Å².